The smallest absolute Gasteiger partial charge is 0.177 e. The van der Waals surface area contributed by atoms with E-state index in [-0.39, 0.29) is 0 Å². The normalized spacial score (nSPS) is 11.1. The number of nitrogens with one attached hydrogen (secondary N) is 1. The number of H-pyrrole nitrogens is 1. The van der Waals surface area contributed by atoms with Gasteiger partial charge in [-0.05, 0) is 23.7 Å². The van der Waals surface area contributed by atoms with Crippen molar-refractivity contribution < 1.29 is 4.74 Å². The quantitative estimate of drug-likeness (QED) is 0.641. The lowest BCUT2D eigenvalue weighted by atomic mass is 10.2. The molecular formula is C15H20N2OS. The van der Waals surface area contributed by atoms with E-state index in [0.717, 1.165) is 23.6 Å². The lowest BCUT2D eigenvalue weighted by Crippen LogP contribution is -2.10. The molecule has 0 saturated carbocycles. The first-order chi connectivity index (χ1) is 9.18. The van der Waals surface area contributed by atoms with Gasteiger partial charge in [-0.15, -0.1) is 0 Å². The number of nitrogens with zero attached hydrogens (tertiary/aromatic N) is 1. The summed E-state index contributed by atoms with van der Waals surface area (Å²) in [5, 5.41) is 0. The zero-order valence-electron chi connectivity index (χ0n) is 11.4. The molecule has 0 aliphatic carbocycles. The monoisotopic (exact) mass is 276 g/mol. The predicted octanol–water partition coefficient (Wildman–Crippen LogP) is 3.89. The van der Waals surface area contributed by atoms with Gasteiger partial charge in [0.05, 0.1) is 12.3 Å². The Bertz CT molecular complexity index is 557. The summed E-state index contributed by atoms with van der Waals surface area (Å²) in [4.78, 5) is 3.11. The molecule has 4 heteroatoms. The van der Waals surface area contributed by atoms with Crippen LogP contribution in [0.5, 0.6) is 0 Å². The van der Waals surface area contributed by atoms with Gasteiger partial charge in [-0.25, -0.2) is 0 Å². The second-order valence-electron chi connectivity index (χ2n) is 4.97. The van der Waals surface area contributed by atoms with Gasteiger partial charge in [0.1, 0.15) is 0 Å². The van der Waals surface area contributed by atoms with Crippen molar-refractivity contribution in [3.63, 3.8) is 0 Å². The average Bonchev–Trinajstić information content (AvgIpc) is 2.77. The molecule has 1 aromatic carbocycles. The molecule has 102 valence electrons. The molecule has 2 rings (SSSR count). The highest BCUT2D eigenvalue weighted by Gasteiger charge is 2.06. The highest BCUT2D eigenvalue weighted by molar-refractivity contribution is 7.71. The third kappa shape index (κ3) is 3.78. The van der Waals surface area contributed by atoms with Crippen molar-refractivity contribution in [2.24, 2.45) is 5.92 Å². The van der Waals surface area contributed by atoms with E-state index in [0.29, 0.717) is 12.5 Å². The van der Waals surface area contributed by atoms with Gasteiger partial charge in [-0.3, -0.25) is 0 Å². The first-order valence-corrected chi connectivity index (χ1v) is 7.00. The molecule has 0 unspecified atom stereocenters. The van der Waals surface area contributed by atoms with Crippen molar-refractivity contribution in [1.82, 2.24) is 9.55 Å². The summed E-state index contributed by atoms with van der Waals surface area (Å²) in [6.07, 6.45) is 1.96. The minimum atomic E-state index is 0.563. The molecule has 0 fully saturated rings. The molecule has 1 aromatic heterocycles. The maximum absolute atomic E-state index is 5.63. The molecule has 0 saturated heterocycles. The number of imidazole rings is 1. The Labute approximate surface area is 119 Å². The van der Waals surface area contributed by atoms with E-state index in [2.05, 4.69) is 35.5 Å². The highest BCUT2D eigenvalue weighted by atomic mass is 32.1. The van der Waals surface area contributed by atoms with E-state index >= 15 is 0 Å². The lowest BCUT2D eigenvalue weighted by Gasteiger charge is -2.10. The molecule has 1 N–H and O–H groups in total. The van der Waals surface area contributed by atoms with Gasteiger partial charge < -0.3 is 14.3 Å². The van der Waals surface area contributed by atoms with Gasteiger partial charge in [0.2, 0.25) is 0 Å². The van der Waals surface area contributed by atoms with Gasteiger partial charge in [0.25, 0.3) is 0 Å². The minimum Gasteiger partial charge on any atom is -0.379 e. The Morgan fingerprint density at radius 2 is 2.00 bits per heavy atom. The van der Waals surface area contributed by atoms with Gasteiger partial charge in [0, 0.05) is 19.3 Å². The predicted molar refractivity (Wildman–Crippen MR) is 80.7 cm³/mol. The minimum absolute atomic E-state index is 0.563. The van der Waals surface area contributed by atoms with Gasteiger partial charge >= 0.3 is 0 Å². The summed E-state index contributed by atoms with van der Waals surface area (Å²) in [5.74, 6) is 0.563. The van der Waals surface area contributed by atoms with Gasteiger partial charge in [-0.2, -0.15) is 0 Å². The fourth-order valence-electron chi connectivity index (χ4n) is 1.94. The fourth-order valence-corrected chi connectivity index (χ4v) is 2.19. The number of hydrogen-bond donors (Lipinski definition) is 1. The van der Waals surface area contributed by atoms with E-state index in [4.69, 9.17) is 17.0 Å². The summed E-state index contributed by atoms with van der Waals surface area (Å²) in [7, 11) is 0. The topological polar surface area (TPSA) is 29.9 Å². The van der Waals surface area contributed by atoms with Crippen LogP contribution in [0.3, 0.4) is 0 Å². The standard InChI is InChI=1S/C15H20N2OS/c1-12(2)11-18-9-8-17-14(10-16-15(17)19)13-6-4-3-5-7-13/h3-7,10,12H,8-9,11H2,1-2H3,(H,16,19). The average molecular weight is 276 g/mol. The van der Waals surface area contributed by atoms with E-state index < -0.39 is 0 Å². The van der Waals surface area contributed by atoms with Crippen LogP contribution in [0.1, 0.15) is 13.8 Å². The molecule has 3 nitrogen and oxygen atoms in total. The zero-order valence-corrected chi connectivity index (χ0v) is 12.2. The van der Waals surface area contributed by atoms with E-state index in [1.165, 1.54) is 5.56 Å². The molecule has 0 spiro atoms. The summed E-state index contributed by atoms with van der Waals surface area (Å²) < 4.78 is 8.46. The van der Waals surface area contributed by atoms with Crippen molar-refractivity contribution in [3.05, 3.63) is 41.3 Å². The van der Waals surface area contributed by atoms with Crippen LogP contribution >= 0.6 is 12.2 Å². The number of ether oxygens (including phenoxy) is 1. The van der Waals surface area contributed by atoms with Crippen LogP contribution in [-0.4, -0.2) is 22.8 Å². The van der Waals surface area contributed by atoms with E-state index in [9.17, 15) is 0 Å². The number of aromatic nitrogens is 2. The largest absolute Gasteiger partial charge is 0.379 e. The first-order valence-electron chi connectivity index (χ1n) is 6.60. The number of aromatic amines is 1. The van der Waals surface area contributed by atoms with Crippen LogP contribution in [0, 0.1) is 10.7 Å². The Morgan fingerprint density at radius 1 is 1.26 bits per heavy atom. The zero-order chi connectivity index (χ0) is 13.7. The Kier molecular flexibility index (Phi) is 4.93. The molecule has 0 amide bonds. The Hall–Kier alpha value is -1.39. The summed E-state index contributed by atoms with van der Waals surface area (Å²) in [5.41, 5.74) is 2.28. The van der Waals surface area contributed by atoms with E-state index in [1.54, 1.807) is 0 Å². The Balaban J connectivity index is 2.08. The van der Waals surface area contributed by atoms with Gasteiger partial charge in [-0.1, -0.05) is 44.2 Å². The molecule has 19 heavy (non-hydrogen) atoms. The lowest BCUT2D eigenvalue weighted by molar-refractivity contribution is 0.103. The molecule has 0 aliphatic rings. The van der Waals surface area contributed by atoms with Crippen LogP contribution < -0.4 is 0 Å². The molecule has 0 radical (unpaired) electrons. The third-order valence-electron chi connectivity index (χ3n) is 2.85. The SMILES string of the molecule is CC(C)COCCn1c(-c2ccccc2)c[nH]c1=S. The fraction of sp³-hybridized carbons (Fsp3) is 0.400. The molecular weight excluding hydrogens is 256 g/mol. The van der Waals surface area contributed by atoms with E-state index in [1.807, 2.05) is 24.4 Å². The van der Waals surface area contributed by atoms with Gasteiger partial charge in [0.15, 0.2) is 4.77 Å². The van der Waals surface area contributed by atoms with Crippen LogP contribution in [0.2, 0.25) is 0 Å². The number of hydrogen-bond acceptors (Lipinski definition) is 2. The van der Waals surface area contributed by atoms with Crippen molar-refractivity contribution in [3.8, 4) is 11.3 Å². The van der Waals surface area contributed by atoms with Crippen LogP contribution in [0.15, 0.2) is 36.5 Å². The van der Waals surface area contributed by atoms with Crippen LogP contribution in [0.4, 0.5) is 0 Å². The summed E-state index contributed by atoms with van der Waals surface area (Å²) in [6.45, 7) is 6.55. The first kappa shape index (κ1) is 14.0. The molecule has 1 heterocycles. The molecule has 0 bridgehead atoms. The van der Waals surface area contributed by atoms with Crippen molar-refractivity contribution in [1.29, 1.82) is 0 Å². The summed E-state index contributed by atoms with van der Waals surface area (Å²) in [6, 6.07) is 10.3. The summed E-state index contributed by atoms with van der Waals surface area (Å²) >= 11 is 5.33. The van der Waals surface area contributed by atoms with Crippen molar-refractivity contribution in [2.75, 3.05) is 13.2 Å². The maximum atomic E-state index is 5.63. The number of benzene rings is 1. The molecule has 2 aromatic rings. The van der Waals surface area contributed by atoms with Crippen molar-refractivity contribution in [2.45, 2.75) is 20.4 Å². The van der Waals surface area contributed by atoms with Crippen molar-refractivity contribution >= 4 is 12.2 Å². The second-order valence-corrected chi connectivity index (χ2v) is 5.35. The molecule has 0 aliphatic heterocycles. The van der Waals surface area contributed by atoms with Crippen LogP contribution in [0.25, 0.3) is 11.3 Å². The third-order valence-corrected chi connectivity index (χ3v) is 3.19. The maximum Gasteiger partial charge on any atom is 0.177 e. The Morgan fingerprint density at radius 3 is 2.68 bits per heavy atom. The second kappa shape index (κ2) is 6.68. The highest BCUT2D eigenvalue weighted by Crippen LogP contribution is 2.19. The molecule has 0 atom stereocenters. The van der Waals surface area contributed by atoms with Crippen LogP contribution in [-0.2, 0) is 11.3 Å². The number of rotatable bonds is 6.